The summed E-state index contributed by atoms with van der Waals surface area (Å²) in [7, 11) is 0. The molecule has 0 aromatic heterocycles. The van der Waals surface area contributed by atoms with Gasteiger partial charge in [-0.2, -0.15) is 13.2 Å². The molecule has 0 spiro atoms. The molecule has 2 N–H and O–H groups in total. The second-order valence-electron chi connectivity index (χ2n) is 5.21. The van der Waals surface area contributed by atoms with Gasteiger partial charge < -0.3 is 10.4 Å². The first-order chi connectivity index (χ1) is 11.3. The Hall–Kier alpha value is -2.41. The summed E-state index contributed by atoms with van der Waals surface area (Å²) in [5.74, 6) is -1.01. The summed E-state index contributed by atoms with van der Waals surface area (Å²) in [4.78, 5) is 11.8. The van der Waals surface area contributed by atoms with Crippen molar-refractivity contribution in [1.29, 1.82) is 0 Å². The molecule has 0 saturated heterocycles. The first-order valence-corrected chi connectivity index (χ1v) is 7.12. The van der Waals surface area contributed by atoms with Crippen LogP contribution in [0, 0.1) is 5.82 Å². The molecule has 2 rings (SSSR count). The number of amides is 1. The maximum Gasteiger partial charge on any atom is 0.416 e. The molecule has 0 fully saturated rings. The highest BCUT2D eigenvalue weighted by atomic mass is 19.4. The Morgan fingerprint density at radius 2 is 1.83 bits per heavy atom. The number of hydrogen-bond acceptors (Lipinski definition) is 2. The van der Waals surface area contributed by atoms with E-state index in [1.54, 1.807) is 6.07 Å². The van der Waals surface area contributed by atoms with Crippen molar-refractivity contribution < 1.29 is 27.5 Å². The van der Waals surface area contributed by atoms with Gasteiger partial charge in [0.05, 0.1) is 18.1 Å². The van der Waals surface area contributed by atoms with E-state index >= 15 is 0 Å². The van der Waals surface area contributed by atoms with Gasteiger partial charge in [0.15, 0.2) is 0 Å². The molecule has 0 bridgehead atoms. The van der Waals surface area contributed by atoms with Crippen LogP contribution in [0.2, 0.25) is 0 Å². The number of carbonyl (C=O) groups is 1. The van der Waals surface area contributed by atoms with Gasteiger partial charge in [-0.15, -0.1) is 0 Å². The molecule has 2 aromatic carbocycles. The van der Waals surface area contributed by atoms with Crippen molar-refractivity contribution in [2.24, 2.45) is 0 Å². The average molecular weight is 341 g/mol. The molecule has 1 atom stereocenters. The number of alkyl halides is 3. The highest BCUT2D eigenvalue weighted by molar-refractivity contribution is 5.78. The number of hydrogen-bond donors (Lipinski definition) is 2. The molecule has 0 aliphatic carbocycles. The van der Waals surface area contributed by atoms with Gasteiger partial charge in [-0.25, -0.2) is 4.39 Å². The highest BCUT2D eigenvalue weighted by Crippen LogP contribution is 2.34. The van der Waals surface area contributed by atoms with Gasteiger partial charge in [0.1, 0.15) is 5.82 Å². The summed E-state index contributed by atoms with van der Waals surface area (Å²) in [6.07, 6.45) is -6.23. The van der Waals surface area contributed by atoms with Gasteiger partial charge in [0.2, 0.25) is 5.91 Å². The lowest BCUT2D eigenvalue weighted by Crippen LogP contribution is -2.30. The summed E-state index contributed by atoms with van der Waals surface area (Å²) in [5.41, 5.74) is -0.828. The molecular formula is C17H15F4NO2. The molecule has 0 aliphatic rings. The van der Waals surface area contributed by atoms with Crippen LogP contribution in [0.25, 0.3) is 0 Å². The summed E-state index contributed by atoms with van der Waals surface area (Å²) in [6, 6.07) is 10.1. The fraction of sp³-hybridized carbons (Fsp3) is 0.235. The van der Waals surface area contributed by atoms with Crippen molar-refractivity contribution >= 4 is 5.91 Å². The molecule has 0 saturated carbocycles. The van der Waals surface area contributed by atoms with Gasteiger partial charge >= 0.3 is 6.18 Å². The largest absolute Gasteiger partial charge is 0.416 e. The third kappa shape index (κ3) is 4.79. The van der Waals surface area contributed by atoms with E-state index in [-0.39, 0.29) is 18.5 Å². The van der Waals surface area contributed by atoms with Gasteiger partial charge in [-0.3, -0.25) is 4.79 Å². The molecule has 1 amide bonds. The van der Waals surface area contributed by atoms with Crippen molar-refractivity contribution in [1.82, 2.24) is 5.32 Å². The Balaban J connectivity index is 1.98. The van der Waals surface area contributed by atoms with E-state index in [1.807, 2.05) is 0 Å². The number of benzene rings is 2. The molecule has 0 aliphatic heterocycles. The molecule has 3 nitrogen and oxygen atoms in total. The number of halogens is 4. The van der Waals surface area contributed by atoms with Crippen LogP contribution in [0.1, 0.15) is 22.8 Å². The van der Waals surface area contributed by atoms with E-state index in [4.69, 9.17) is 0 Å². The van der Waals surface area contributed by atoms with E-state index in [1.165, 1.54) is 30.3 Å². The van der Waals surface area contributed by atoms with Crippen LogP contribution in [0.4, 0.5) is 17.6 Å². The van der Waals surface area contributed by atoms with Crippen LogP contribution in [0.3, 0.4) is 0 Å². The van der Waals surface area contributed by atoms with Gasteiger partial charge in [0, 0.05) is 6.54 Å². The van der Waals surface area contributed by atoms with Gasteiger partial charge in [-0.05, 0) is 29.3 Å². The summed E-state index contributed by atoms with van der Waals surface area (Å²) in [5, 5.41) is 12.3. The van der Waals surface area contributed by atoms with Crippen LogP contribution >= 0.6 is 0 Å². The number of aliphatic hydroxyl groups excluding tert-OH is 1. The Morgan fingerprint density at radius 3 is 2.50 bits per heavy atom. The quantitative estimate of drug-likeness (QED) is 0.821. The van der Waals surface area contributed by atoms with Crippen LogP contribution in [0.5, 0.6) is 0 Å². The minimum absolute atomic E-state index is 0.134. The SMILES string of the molecule is O=C(Cc1cccc(F)c1)NC[C@@H](O)c1ccccc1C(F)(F)F. The predicted molar refractivity (Wildman–Crippen MR) is 79.5 cm³/mol. The molecular weight excluding hydrogens is 326 g/mol. The topological polar surface area (TPSA) is 49.3 Å². The van der Waals surface area contributed by atoms with Gasteiger partial charge in [0.25, 0.3) is 0 Å². The van der Waals surface area contributed by atoms with Crippen LogP contribution in [-0.4, -0.2) is 17.6 Å². The molecule has 2 aromatic rings. The number of aliphatic hydroxyl groups is 1. The zero-order valence-corrected chi connectivity index (χ0v) is 12.5. The van der Waals surface area contributed by atoms with E-state index in [0.717, 1.165) is 12.1 Å². The molecule has 0 unspecified atom stereocenters. The molecule has 0 radical (unpaired) electrons. The van der Waals surface area contributed by atoms with Crippen molar-refractivity contribution in [3.8, 4) is 0 Å². The van der Waals surface area contributed by atoms with E-state index < -0.39 is 29.6 Å². The summed E-state index contributed by atoms with van der Waals surface area (Å²) < 4.78 is 51.7. The minimum atomic E-state index is -4.59. The van der Waals surface area contributed by atoms with Crippen LogP contribution in [0.15, 0.2) is 48.5 Å². The van der Waals surface area contributed by atoms with E-state index in [9.17, 15) is 27.5 Å². The Bertz CT molecular complexity index is 716. The van der Waals surface area contributed by atoms with Crippen molar-refractivity contribution in [3.63, 3.8) is 0 Å². The lowest BCUT2D eigenvalue weighted by atomic mass is 10.0. The Morgan fingerprint density at radius 1 is 1.12 bits per heavy atom. The maximum absolute atomic E-state index is 13.0. The van der Waals surface area contributed by atoms with Gasteiger partial charge in [-0.1, -0.05) is 30.3 Å². The summed E-state index contributed by atoms with van der Waals surface area (Å²) in [6.45, 7) is -0.374. The van der Waals surface area contributed by atoms with Crippen molar-refractivity contribution in [3.05, 3.63) is 71.0 Å². The minimum Gasteiger partial charge on any atom is -0.387 e. The first kappa shape index (κ1) is 17.9. The van der Waals surface area contributed by atoms with Crippen LogP contribution < -0.4 is 5.32 Å². The second-order valence-corrected chi connectivity index (χ2v) is 5.21. The number of carbonyl (C=O) groups excluding carboxylic acids is 1. The lowest BCUT2D eigenvalue weighted by Gasteiger charge is -2.18. The van der Waals surface area contributed by atoms with E-state index in [2.05, 4.69) is 5.32 Å². The zero-order chi connectivity index (χ0) is 17.7. The lowest BCUT2D eigenvalue weighted by molar-refractivity contribution is -0.139. The Labute approximate surface area is 135 Å². The first-order valence-electron chi connectivity index (χ1n) is 7.12. The summed E-state index contributed by atoms with van der Waals surface area (Å²) >= 11 is 0. The fourth-order valence-corrected chi connectivity index (χ4v) is 2.26. The predicted octanol–water partition coefficient (Wildman–Crippen LogP) is 3.24. The standard InChI is InChI=1S/C17H15F4NO2/c18-12-5-3-4-11(8-12)9-16(24)22-10-15(23)13-6-1-2-7-14(13)17(19,20)21/h1-8,15,23H,9-10H2,(H,22,24)/t15-/m1/s1. The highest BCUT2D eigenvalue weighted by Gasteiger charge is 2.34. The monoisotopic (exact) mass is 341 g/mol. The van der Waals surface area contributed by atoms with Crippen LogP contribution in [-0.2, 0) is 17.4 Å². The molecule has 128 valence electrons. The zero-order valence-electron chi connectivity index (χ0n) is 12.5. The third-order valence-electron chi connectivity index (χ3n) is 3.37. The third-order valence-corrected chi connectivity index (χ3v) is 3.37. The average Bonchev–Trinajstić information content (AvgIpc) is 2.52. The second kappa shape index (κ2) is 7.44. The molecule has 7 heteroatoms. The normalized spacial score (nSPS) is 12.7. The fourth-order valence-electron chi connectivity index (χ4n) is 2.26. The Kier molecular flexibility index (Phi) is 5.56. The molecule has 0 heterocycles. The number of rotatable bonds is 5. The van der Waals surface area contributed by atoms with E-state index in [0.29, 0.717) is 5.56 Å². The molecule has 24 heavy (non-hydrogen) atoms. The number of nitrogens with one attached hydrogen (secondary N) is 1. The maximum atomic E-state index is 13.0. The van der Waals surface area contributed by atoms with Crippen molar-refractivity contribution in [2.75, 3.05) is 6.54 Å². The smallest absolute Gasteiger partial charge is 0.387 e. The van der Waals surface area contributed by atoms with Crippen molar-refractivity contribution in [2.45, 2.75) is 18.7 Å².